The van der Waals surface area contributed by atoms with Crippen molar-refractivity contribution in [2.45, 2.75) is 6.92 Å². The van der Waals surface area contributed by atoms with Crippen molar-refractivity contribution in [2.24, 2.45) is 5.11 Å². The summed E-state index contributed by atoms with van der Waals surface area (Å²) in [6, 6.07) is 13.5. The number of imidazole rings is 1. The zero-order chi connectivity index (χ0) is 13.2. The van der Waals surface area contributed by atoms with Crippen LogP contribution in [0.4, 0.5) is 5.69 Å². The highest BCUT2D eigenvalue weighted by Gasteiger charge is 2.05. The van der Waals surface area contributed by atoms with Gasteiger partial charge in [-0.15, -0.1) is 0 Å². The number of aromatic nitrogens is 2. The molecule has 92 valence electrons. The molecule has 0 aliphatic heterocycles. The molecule has 5 nitrogen and oxygen atoms in total. The van der Waals surface area contributed by atoms with Crippen LogP contribution in [0.3, 0.4) is 0 Å². The molecule has 1 aromatic heterocycles. The largest absolute Gasteiger partial charge is 0.338 e. The molecule has 0 bridgehead atoms. The van der Waals surface area contributed by atoms with Crippen LogP contribution in [0.5, 0.6) is 0 Å². The summed E-state index contributed by atoms with van der Waals surface area (Å²) in [5, 5.41) is 3.58. The number of nitrogens with zero attached hydrogens (tertiary/aromatic N) is 4. The van der Waals surface area contributed by atoms with E-state index in [0.717, 1.165) is 22.4 Å². The van der Waals surface area contributed by atoms with Gasteiger partial charge in [0.15, 0.2) is 0 Å². The second-order valence-corrected chi connectivity index (χ2v) is 4.34. The van der Waals surface area contributed by atoms with Gasteiger partial charge in [0.05, 0.1) is 11.0 Å². The van der Waals surface area contributed by atoms with Crippen LogP contribution in [0.15, 0.2) is 47.6 Å². The summed E-state index contributed by atoms with van der Waals surface area (Å²) >= 11 is 0. The van der Waals surface area contributed by atoms with Gasteiger partial charge in [-0.2, -0.15) is 0 Å². The van der Waals surface area contributed by atoms with E-state index in [1.165, 1.54) is 5.56 Å². The lowest BCUT2D eigenvalue weighted by atomic mass is 10.1. The van der Waals surface area contributed by atoms with Crippen LogP contribution < -0.4 is 0 Å². The minimum Gasteiger partial charge on any atom is -0.338 e. The van der Waals surface area contributed by atoms with Crippen LogP contribution in [0.2, 0.25) is 0 Å². The quantitative estimate of drug-likeness (QED) is 0.405. The zero-order valence-electron chi connectivity index (χ0n) is 10.3. The maximum atomic E-state index is 8.43. The van der Waals surface area contributed by atoms with E-state index < -0.39 is 0 Å². The van der Waals surface area contributed by atoms with Crippen molar-refractivity contribution in [1.82, 2.24) is 9.97 Å². The van der Waals surface area contributed by atoms with Crippen LogP contribution in [0.25, 0.3) is 32.9 Å². The van der Waals surface area contributed by atoms with E-state index in [-0.39, 0.29) is 0 Å². The van der Waals surface area contributed by atoms with Crippen molar-refractivity contribution in [3.8, 4) is 11.4 Å². The highest BCUT2D eigenvalue weighted by molar-refractivity contribution is 5.82. The summed E-state index contributed by atoms with van der Waals surface area (Å²) in [5.41, 5.74) is 13.0. The fourth-order valence-corrected chi connectivity index (χ4v) is 1.96. The molecule has 2 aromatic carbocycles. The molecular formula is C14H11N5. The molecule has 0 aliphatic carbocycles. The monoisotopic (exact) mass is 249 g/mol. The Morgan fingerprint density at radius 2 is 1.95 bits per heavy atom. The molecule has 3 rings (SSSR count). The van der Waals surface area contributed by atoms with E-state index in [4.69, 9.17) is 5.53 Å². The number of H-pyrrole nitrogens is 1. The fraction of sp³-hybridized carbons (Fsp3) is 0.0714. The zero-order valence-corrected chi connectivity index (χ0v) is 10.3. The van der Waals surface area contributed by atoms with E-state index in [2.05, 4.69) is 26.9 Å². The van der Waals surface area contributed by atoms with E-state index in [1.54, 1.807) is 12.1 Å². The number of aryl methyl sites for hydroxylation is 1. The molecule has 0 fully saturated rings. The predicted molar refractivity (Wildman–Crippen MR) is 75.1 cm³/mol. The molecule has 0 saturated carbocycles. The first-order valence-electron chi connectivity index (χ1n) is 5.88. The Hall–Kier alpha value is -2.78. The van der Waals surface area contributed by atoms with Gasteiger partial charge in [0, 0.05) is 16.2 Å². The number of benzene rings is 2. The smallest absolute Gasteiger partial charge is 0.138 e. The molecule has 0 amide bonds. The minimum absolute atomic E-state index is 0.578. The molecule has 1 heterocycles. The third-order valence-electron chi connectivity index (χ3n) is 2.95. The van der Waals surface area contributed by atoms with Gasteiger partial charge in [-0.25, -0.2) is 4.98 Å². The molecule has 0 spiro atoms. The third kappa shape index (κ3) is 2.14. The van der Waals surface area contributed by atoms with Gasteiger partial charge < -0.3 is 4.98 Å². The average Bonchev–Trinajstić information content (AvgIpc) is 2.83. The number of aromatic amines is 1. The first kappa shape index (κ1) is 11.3. The second-order valence-electron chi connectivity index (χ2n) is 4.34. The third-order valence-corrected chi connectivity index (χ3v) is 2.95. The van der Waals surface area contributed by atoms with Crippen molar-refractivity contribution < 1.29 is 0 Å². The summed E-state index contributed by atoms with van der Waals surface area (Å²) < 4.78 is 0. The van der Waals surface area contributed by atoms with E-state index in [1.807, 2.05) is 30.3 Å². The topological polar surface area (TPSA) is 77.4 Å². The molecule has 0 saturated heterocycles. The van der Waals surface area contributed by atoms with Crippen LogP contribution in [-0.2, 0) is 0 Å². The van der Waals surface area contributed by atoms with E-state index >= 15 is 0 Å². The molecule has 3 aromatic rings. The summed E-state index contributed by atoms with van der Waals surface area (Å²) in [7, 11) is 0. The standard InChI is InChI=1S/C14H11N5/c1-9-2-4-10(5-3-9)14-16-12-7-6-11(18-19-15)8-13(12)17-14/h2-8H,1H3,(H,16,17). The Kier molecular flexibility index (Phi) is 2.67. The van der Waals surface area contributed by atoms with E-state index in [9.17, 15) is 0 Å². The first-order valence-corrected chi connectivity index (χ1v) is 5.88. The highest BCUT2D eigenvalue weighted by Crippen LogP contribution is 2.24. The Morgan fingerprint density at radius 1 is 1.16 bits per heavy atom. The number of fused-ring (bicyclic) bond motifs is 1. The number of hydrogen-bond donors (Lipinski definition) is 1. The predicted octanol–water partition coefficient (Wildman–Crippen LogP) is 4.48. The van der Waals surface area contributed by atoms with Gasteiger partial charge in [0.25, 0.3) is 0 Å². The lowest BCUT2D eigenvalue weighted by Gasteiger charge is -1.96. The Labute approximate surface area is 109 Å². The normalized spacial score (nSPS) is 10.4. The summed E-state index contributed by atoms with van der Waals surface area (Å²) in [5.74, 6) is 0.813. The lowest BCUT2D eigenvalue weighted by Crippen LogP contribution is -1.80. The minimum atomic E-state index is 0.578. The molecule has 0 radical (unpaired) electrons. The van der Waals surface area contributed by atoms with Crippen LogP contribution >= 0.6 is 0 Å². The highest BCUT2D eigenvalue weighted by atomic mass is 15.1. The van der Waals surface area contributed by atoms with Crippen molar-refractivity contribution in [3.05, 3.63) is 58.5 Å². The van der Waals surface area contributed by atoms with Gasteiger partial charge in [-0.05, 0) is 24.6 Å². The molecule has 0 aliphatic rings. The van der Waals surface area contributed by atoms with Gasteiger partial charge in [0.2, 0.25) is 0 Å². The summed E-state index contributed by atoms with van der Waals surface area (Å²) in [6.07, 6.45) is 0. The Bertz CT molecular complexity index is 779. The lowest BCUT2D eigenvalue weighted by molar-refractivity contribution is 1.33. The Morgan fingerprint density at radius 3 is 2.68 bits per heavy atom. The maximum absolute atomic E-state index is 8.43. The van der Waals surface area contributed by atoms with Crippen molar-refractivity contribution in [2.75, 3.05) is 0 Å². The number of azide groups is 1. The summed E-state index contributed by atoms with van der Waals surface area (Å²) in [6.45, 7) is 2.05. The van der Waals surface area contributed by atoms with Gasteiger partial charge >= 0.3 is 0 Å². The van der Waals surface area contributed by atoms with Crippen LogP contribution in [0, 0.1) is 6.92 Å². The fourth-order valence-electron chi connectivity index (χ4n) is 1.96. The van der Waals surface area contributed by atoms with Crippen molar-refractivity contribution >= 4 is 16.7 Å². The van der Waals surface area contributed by atoms with Gasteiger partial charge in [-0.1, -0.05) is 41.0 Å². The van der Waals surface area contributed by atoms with Gasteiger partial charge in [0.1, 0.15) is 5.82 Å². The summed E-state index contributed by atoms with van der Waals surface area (Å²) in [4.78, 5) is 10.5. The van der Waals surface area contributed by atoms with E-state index in [0.29, 0.717) is 5.69 Å². The number of rotatable bonds is 2. The SMILES string of the molecule is Cc1ccc(-c2nc3ccc(N=[N+]=[N-])cc3[nH]2)cc1. The average molecular weight is 249 g/mol. The molecule has 0 atom stereocenters. The van der Waals surface area contributed by atoms with Crippen LogP contribution in [-0.4, -0.2) is 9.97 Å². The first-order chi connectivity index (χ1) is 9.26. The molecule has 5 heteroatoms. The number of nitrogens with one attached hydrogen (secondary N) is 1. The second kappa shape index (κ2) is 4.48. The maximum Gasteiger partial charge on any atom is 0.138 e. The number of hydrogen-bond acceptors (Lipinski definition) is 2. The molecule has 1 N–H and O–H groups in total. The Balaban J connectivity index is 2.10. The molecule has 0 unspecified atom stereocenters. The molecule has 19 heavy (non-hydrogen) atoms. The molecular weight excluding hydrogens is 238 g/mol. The van der Waals surface area contributed by atoms with Crippen molar-refractivity contribution in [3.63, 3.8) is 0 Å². The van der Waals surface area contributed by atoms with Crippen LogP contribution in [0.1, 0.15) is 5.56 Å². The van der Waals surface area contributed by atoms with Crippen molar-refractivity contribution in [1.29, 1.82) is 0 Å². The van der Waals surface area contributed by atoms with Gasteiger partial charge in [-0.3, -0.25) is 0 Å².